The van der Waals surface area contributed by atoms with Gasteiger partial charge in [0.25, 0.3) is 5.91 Å². The first-order valence-corrected chi connectivity index (χ1v) is 4.73. The van der Waals surface area contributed by atoms with Crippen LogP contribution in [0.4, 0.5) is 5.69 Å². The van der Waals surface area contributed by atoms with Crippen molar-refractivity contribution in [2.75, 3.05) is 12.4 Å². The Balaban J connectivity index is 3.08. The summed E-state index contributed by atoms with van der Waals surface area (Å²) < 4.78 is 5.00. The molecule has 1 aromatic rings. The average Bonchev–Trinajstić information content (AvgIpc) is 2.29. The van der Waals surface area contributed by atoms with Crippen LogP contribution in [0, 0.1) is 11.8 Å². The standard InChI is InChI=1S/C12H11NO4/c1-3-4-11(14)13-9-7-8(12(15)16)5-6-10(9)17-2/h5-7H,1-2H3,(H,13,14)(H,15,16). The molecule has 0 aliphatic rings. The van der Waals surface area contributed by atoms with E-state index in [0.717, 1.165) is 0 Å². The van der Waals surface area contributed by atoms with E-state index >= 15 is 0 Å². The molecule has 5 nitrogen and oxygen atoms in total. The first kappa shape index (κ1) is 12.6. The highest BCUT2D eigenvalue weighted by atomic mass is 16.5. The molecule has 0 heterocycles. The lowest BCUT2D eigenvalue weighted by Crippen LogP contribution is -2.10. The van der Waals surface area contributed by atoms with Gasteiger partial charge in [0.15, 0.2) is 0 Å². The third-order valence-electron chi connectivity index (χ3n) is 1.93. The van der Waals surface area contributed by atoms with Gasteiger partial charge < -0.3 is 15.2 Å². The first-order valence-electron chi connectivity index (χ1n) is 4.73. The highest BCUT2D eigenvalue weighted by molar-refractivity contribution is 6.05. The molecule has 0 spiro atoms. The van der Waals surface area contributed by atoms with Gasteiger partial charge in [-0.15, -0.1) is 0 Å². The number of carbonyl (C=O) groups is 2. The molecule has 0 bridgehead atoms. The van der Waals surface area contributed by atoms with Gasteiger partial charge in [0.1, 0.15) is 5.75 Å². The topological polar surface area (TPSA) is 75.6 Å². The normalized spacial score (nSPS) is 8.82. The summed E-state index contributed by atoms with van der Waals surface area (Å²) in [6.45, 7) is 1.53. The summed E-state index contributed by atoms with van der Waals surface area (Å²) in [7, 11) is 1.43. The minimum atomic E-state index is -1.08. The van der Waals surface area contributed by atoms with Gasteiger partial charge in [-0.05, 0) is 31.0 Å². The summed E-state index contributed by atoms with van der Waals surface area (Å²) in [6, 6.07) is 4.18. The van der Waals surface area contributed by atoms with Crippen LogP contribution in [0.15, 0.2) is 18.2 Å². The first-order chi connectivity index (χ1) is 8.08. The van der Waals surface area contributed by atoms with Gasteiger partial charge in [0.2, 0.25) is 0 Å². The Kier molecular flexibility index (Phi) is 4.12. The number of aromatic carboxylic acids is 1. The summed E-state index contributed by atoms with van der Waals surface area (Å²) in [6.07, 6.45) is 0. The Morgan fingerprint density at radius 1 is 1.41 bits per heavy atom. The number of carbonyl (C=O) groups excluding carboxylic acids is 1. The van der Waals surface area contributed by atoms with Gasteiger partial charge in [0.05, 0.1) is 18.4 Å². The number of carboxylic acids is 1. The molecule has 17 heavy (non-hydrogen) atoms. The maximum atomic E-state index is 11.3. The van der Waals surface area contributed by atoms with E-state index in [1.165, 1.54) is 32.2 Å². The van der Waals surface area contributed by atoms with E-state index in [1.807, 2.05) is 0 Å². The number of ether oxygens (including phenoxy) is 1. The molecule has 0 saturated heterocycles. The van der Waals surface area contributed by atoms with Crippen molar-refractivity contribution < 1.29 is 19.4 Å². The largest absolute Gasteiger partial charge is 0.495 e. The van der Waals surface area contributed by atoms with Crippen molar-refractivity contribution in [3.05, 3.63) is 23.8 Å². The van der Waals surface area contributed by atoms with E-state index < -0.39 is 11.9 Å². The molecule has 1 aromatic carbocycles. The summed E-state index contributed by atoms with van der Waals surface area (Å²) in [5.74, 6) is 3.51. The Labute approximate surface area is 98.4 Å². The molecular weight excluding hydrogens is 222 g/mol. The molecule has 1 rings (SSSR count). The molecule has 0 fully saturated rings. The molecule has 0 atom stereocenters. The van der Waals surface area contributed by atoms with E-state index in [0.29, 0.717) is 5.75 Å². The fourth-order valence-electron chi connectivity index (χ4n) is 1.21. The van der Waals surface area contributed by atoms with Gasteiger partial charge in [0, 0.05) is 0 Å². The lowest BCUT2D eigenvalue weighted by atomic mass is 10.2. The molecular formula is C12H11NO4. The summed E-state index contributed by atoms with van der Waals surface area (Å²) in [5.41, 5.74) is 0.339. The Morgan fingerprint density at radius 2 is 2.12 bits per heavy atom. The van der Waals surface area contributed by atoms with Crippen LogP contribution in [-0.4, -0.2) is 24.1 Å². The monoisotopic (exact) mass is 233 g/mol. The average molecular weight is 233 g/mol. The lowest BCUT2D eigenvalue weighted by Gasteiger charge is -2.08. The number of hydrogen-bond acceptors (Lipinski definition) is 3. The predicted octanol–water partition coefficient (Wildman–Crippen LogP) is 1.36. The zero-order chi connectivity index (χ0) is 12.8. The van der Waals surface area contributed by atoms with Crippen LogP contribution in [0.25, 0.3) is 0 Å². The number of rotatable bonds is 3. The number of amides is 1. The summed E-state index contributed by atoms with van der Waals surface area (Å²) in [5, 5.41) is 11.3. The van der Waals surface area contributed by atoms with Crippen LogP contribution >= 0.6 is 0 Å². The third kappa shape index (κ3) is 3.24. The van der Waals surface area contributed by atoms with Crippen LogP contribution in [0.2, 0.25) is 0 Å². The summed E-state index contributed by atoms with van der Waals surface area (Å²) in [4.78, 5) is 22.1. The Morgan fingerprint density at radius 3 is 2.65 bits per heavy atom. The maximum absolute atomic E-state index is 11.3. The fourth-order valence-corrected chi connectivity index (χ4v) is 1.21. The zero-order valence-corrected chi connectivity index (χ0v) is 9.40. The van der Waals surface area contributed by atoms with Gasteiger partial charge in [-0.2, -0.15) is 0 Å². The minimum Gasteiger partial charge on any atom is -0.495 e. The number of benzene rings is 1. The van der Waals surface area contributed by atoms with Crippen molar-refractivity contribution >= 4 is 17.6 Å². The second kappa shape index (κ2) is 5.56. The van der Waals surface area contributed by atoms with E-state index in [-0.39, 0.29) is 11.3 Å². The molecule has 5 heteroatoms. The van der Waals surface area contributed by atoms with E-state index in [2.05, 4.69) is 17.2 Å². The van der Waals surface area contributed by atoms with Crippen LogP contribution in [0.3, 0.4) is 0 Å². The lowest BCUT2D eigenvalue weighted by molar-refractivity contribution is -0.111. The van der Waals surface area contributed by atoms with Crippen molar-refractivity contribution in [3.8, 4) is 17.6 Å². The quantitative estimate of drug-likeness (QED) is 0.773. The van der Waals surface area contributed by atoms with Crippen LogP contribution in [0.5, 0.6) is 5.75 Å². The Hall–Kier alpha value is -2.48. The highest BCUT2D eigenvalue weighted by Gasteiger charge is 2.10. The third-order valence-corrected chi connectivity index (χ3v) is 1.93. The second-order valence-corrected chi connectivity index (χ2v) is 3.05. The smallest absolute Gasteiger partial charge is 0.335 e. The van der Waals surface area contributed by atoms with Crippen LogP contribution in [-0.2, 0) is 4.79 Å². The maximum Gasteiger partial charge on any atom is 0.335 e. The fraction of sp³-hybridized carbons (Fsp3) is 0.167. The number of nitrogens with one attached hydrogen (secondary N) is 1. The molecule has 0 unspecified atom stereocenters. The highest BCUT2D eigenvalue weighted by Crippen LogP contribution is 2.25. The number of anilines is 1. The molecule has 0 aromatic heterocycles. The van der Waals surface area contributed by atoms with Crippen molar-refractivity contribution in [1.29, 1.82) is 0 Å². The van der Waals surface area contributed by atoms with Crippen molar-refractivity contribution in [2.24, 2.45) is 0 Å². The van der Waals surface area contributed by atoms with E-state index in [4.69, 9.17) is 9.84 Å². The van der Waals surface area contributed by atoms with E-state index in [1.54, 1.807) is 0 Å². The summed E-state index contributed by atoms with van der Waals surface area (Å²) >= 11 is 0. The minimum absolute atomic E-state index is 0.0607. The van der Waals surface area contributed by atoms with Crippen molar-refractivity contribution in [2.45, 2.75) is 6.92 Å². The van der Waals surface area contributed by atoms with Gasteiger partial charge in [-0.25, -0.2) is 4.79 Å². The molecule has 0 aliphatic heterocycles. The van der Waals surface area contributed by atoms with Gasteiger partial charge in [-0.3, -0.25) is 4.79 Å². The Bertz CT molecular complexity index is 511. The molecule has 2 N–H and O–H groups in total. The van der Waals surface area contributed by atoms with Crippen molar-refractivity contribution in [3.63, 3.8) is 0 Å². The SMILES string of the molecule is CC#CC(=O)Nc1cc(C(=O)O)ccc1OC. The van der Waals surface area contributed by atoms with Crippen LogP contribution < -0.4 is 10.1 Å². The van der Waals surface area contributed by atoms with Crippen LogP contribution in [0.1, 0.15) is 17.3 Å². The molecule has 0 radical (unpaired) electrons. The predicted molar refractivity (Wildman–Crippen MR) is 62.0 cm³/mol. The molecule has 0 saturated carbocycles. The molecule has 0 aliphatic carbocycles. The van der Waals surface area contributed by atoms with Gasteiger partial charge >= 0.3 is 5.97 Å². The number of methoxy groups -OCH3 is 1. The van der Waals surface area contributed by atoms with Crippen molar-refractivity contribution in [1.82, 2.24) is 0 Å². The molecule has 1 amide bonds. The van der Waals surface area contributed by atoms with E-state index in [9.17, 15) is 9.59 Å². The second-order valence-electron chi connectivity index (χ2n) is 3.05. The molecule has 88 valence electrons. The number of hydrogen-bond donors (Lipinski definition) is 2. The number of carboxylic acid groups (broad SMARTS) is 1. The van der Waals surface area contributed by atoms with Gasteiger partial charge in [-0.1, -0.05) is 5.92 Å². The zero-order valence-electron chi connectivity index (χ0n) is 9.40.